The van der Waals surface area contributed by atoms with Crippen molar-refractivity contribution in [3.05, 3.63) is 29.3 Å². The number of benzene rings is 1. The van der Waals surface area contributed by atoms with Gasteiger partial charge in [-0.1, -0.05) is 12.0 Å². The highest BCUT2D eigenvalue weighted by Gasteiger charge is 2.33. The molecular formula is C20H24F3N3O3. The molecule has 158 valence electrons. The smallest absolute Gasteiger partial charge is 0.416 e. The van der Waals surface area contributed by atoms with Crippen molar-refractivity contribution in [3.63, 3.8) is 0 Å². The van der Waals surface area contributed by atoms with Crippen LogP contribution in [-0.4, -0.2) is 73.0 Å². The first-order valence-electron chi connectivity index (χ1n) is 9.48. The number of amides is 1. The molecular weight excluding hydrogens is 387 g/mol. The number of nitrogens with zero attached hydrogens (tertiary/aromatic N) is 3. The molecule has 0 spiro atoms. The summed E-state index contributed by atoms with van der Waals surface area (Å²) in [5.74, 6) is 2.41. The van der Waals surface area contributed by atoms with Gasteiger partial charge in [-0.05, 0) is 24.1 Å². The van der Waals surface area contributed by atoms with Crippen LogP contribution in [0.2, 0.25) is 0 Å². The molecule has 1 aromatic carbocycles. The number of anilines is 1. The number of carboxylic acid groups (broad SMARTS) is 1. The van der Waals surface area contributed by atoms with E-state index >= 15 is 0 Å². The molecule has 1 amide bonds. The zero-order valence-electron chi connectivity index (χ0n) is 16.0. The van der Waals surface area contributed by atoms with Gasteiger partial charge in [0.05, 0.1) is 11.7 Å². The number of hydrogen-bond donors (Lipinski definition) is 1. The maximum Gasteiger partial charge on any atom is 0.416 e. The predicted molar refractivity (Wildman–Crippen MR) is 102 cm³/mol. The minimum atomic E-state index is -4.42. The second-order valence-electron chi connectivity index (χ2n) is 7.26. The van der Waals surface area contributed by atoms with E-state index in [4.69, 9.17) is 16.3 Å². The van der Waals surface area contributed by atoms with Gasteiger partial charge >= 0.3 is 12.3 Å². The Hall–Kier alpha value is -2.44. The predicted octanol–water partition coefficient (Wildman–Crippen LogP) is 2.73. The molecule has 2 fully saturated rings. The Balaban J connectivity index is 1.76. The number of halogens is 3. The van der Waals surface area contributed by atoms with E-state index in [9.17, 15) is 18.0 Å². The molecule has 29 heavy (non-hydrogen) atoms. The molecule has 0 aromatic heterocycles. The minimum Gasteiger partial charge on any atom is -0.465 e. The Kier molecular flexibility index (Phi) is 6.55. The fraction of sp³-hybridized carbons (Fsp3) is 0.550. The van der Waals surface area contributed by atoms with Gasteiger partial charge in [0.2, 0.25) is 0 Å². The average Bonchev–Trinajstić information content (AvgIpc) is 3.15. The second kappa shape index (κ2) is 8.93. The molecule has 1 N–H and O–H groups in total. The minimum absolute atomic E-state index is 0.104. The maximum atomic E-state index is 13.3. The second-order valence-corrected chi connectivity index (χ2v) is 7.26. The number of rotatable bonds is 5. The lowest BCUT2D eigenvalue weighted by Gasteiger charge is -2.34. The van der Waals surface area contributed by atoms with Gasteiger partial charge in [-0.25, -0.2) is 4.79 Å². The third-order valence-corrected chi connectivity index (χ3v) is 5.34. The van der Waals surface area contributed by atoms with Crippen molar-refractivity contribution in [2.45, 2.75) is 25.2 Å². The number of hydrogen-bond acceptors (Lipinski definition) is 4. The SMILES string of the molecule is C#CCOC1CCN(c2cc(C(F)(F)F)ccc2CN2CCN(C(=O)O)CC2)C1. The Morgan fingerprint density at radius 3 is 2.59 bits per heavy atom. The maximum absolute atomic E-state index is 13.3. The van der Waals surface area contributed by atoms with Crippen LogP contribution >= 0.6 is 0 Å². The van der Waals surface area contributed by atoms with Crippen LogP contribution in [0, 0.1) is 12.3 Å². The van der Waals surface area contributed by atoms with Crippen molar-refractivity contribution in [3.8, 4) is 12.3 Å². The van der Waals surface area contributed by atoms with Crippen LogP contribution in [0.1, 0.15) is 17.5 Å². The number of terminal acetylenes is 1. The van der Waals surface area contributed by atoms with E-state index in [1.165, 1.54) is 17.0 Å². The van der Waals surface area contributed by atoms with Crippen molar-refractivity contribution in [1.29, 1.82) is 0 Å². The summed E-state index contributed by atoms with van der Waals surface area (Å²) in [6.07, 6.45) is 0.450. The van der Waals surface area contributed by atoms with E-state index in [2.05, 4.69) is 10.8 Å². The quantitative estimate of drug-likeness (QED) is 0.756. The first-order chi connectivity index (χ1) is 13.8. The molecule has 2 heterocycles. The molecule has 2 saturated heterocycles. The molecule has 2 aliphatic heterocycles. The van der Waals surface area contributed by atoms with Gasteiger partial charge in [-0.15, -0.1) is 6.42 Å². The summed E-state index contributed by atoms with van der Waals surface area (Å²) in [6, 6.07) is 3.83. The fourth-order valence-electron chi connectivity index (χ4n) is 3.76. The summed E-state index contributed by atoms with van der Waals surface area (Å²) in [5.41, 5.74) is 0.659. The van der Waals surface area contributed by atoms with E-state index < -0.39 is 17.8 Å². The highest BCUT2D eigenvalue weighted by atomic mass is 19.4. The van der Waals surface area contributed by atoms with Crippen molar-refractivity contribution < 1.29 is 27.8 Å². The van der Waals surface area contributed by atoms with Crippen molar-refractivity contribution >= 4 is 11.8 Å². The summed E-state index contributed by atoms with van der Waals surface area (Å²) in [7, 11) is 0. The number of ether oxygens (including phenoxy) is 1. The van der Waals surface area contributed by atoms with E-state index in [0.717, 1.165) is 11.6 Å². The van der Waals surface area contributed by atoms with Gasteiger partial charge in [-0.3, -0.25) is 4.90 Å². The van der Waals surface area contributed by atoms with Crippen LogP contribution in [0.4, 0.5) is 23.7 Å². The van der Waals surface area contributed by atoms with Gasteiger partial charge in [-0.2, -0.15) is 13.2 Å². The molecule has 0 radical (unpaired) electrons. The summed E-state index contributed by atoms with van der Waals surface area (Å²) >= 11 is 0. The van der Waals surface area contributed by atoms with Crippen molar-refractivity contribution in [1.82, 2.24) is 9.80 Å². The van der Waals surface area contributed by atoms with E-state index in [-0.39, 0.29) is 12.7 Å². The van der Waals surface area contributed by atoms with Gasteiger partial charge in [0.1, 0.15) is 6.61 Å². The lowest BCUT2D eigenvalue weighted by molar-refractivity contribution is -0.137. The molecule has 2 aliphatic rings. The Labute approximate surface area is 167 Å². The Morgan fingerprint density at radius 1 is 1.24 bits per heavy atom. The van der Waals surface area contributed by atoms with Crippen LogP contribution in [-0.2, 0) is 17.5 Å². The molecule has 1 atom stereocenters. The topological polar surface area (TPSA) is 56.2 Å². The first kappa shape index (κ1) is 21.3. The lowest BCUT2D eigenvalue weighted by atomic mass is 10.1. The number of carbonyl (C=O) groups is 1. The Bertz CT molecular complexity index is 770. The van der Waals surface area contributed by atoms with Gasteiger partial charge < -0.3 is 19.6 Å². The zero-order valence-corrected chi connectivity index (χ0v) is 16.0. The molecule has 9 heteroatoms. The molecule has 6 nitrogen and oxygen atoms in total. The highest BCUT2D eigenvalue weighted by molar-refractivity contribution is 5.65. The van der Waals surface area contributed by atoms with Gasteiger partial charge in [0.15, 0.2) is 0 Å². The molecule has 1 aromatic rings. The molecule has 1 unspecified atom stereocenters. The van der Waals surface area contributed by atoms with Crippen LogP contribution in [0.5, 0.6) is 0 Å². The third kappa shape index (κ3) is 5.34. The standard InChI is InChI=1S/C20H24F3N3O3/c1-2-11-29-17-5-6-26(14-17)18-12-16(20(21,22)23)4-3-15(18)13-24-7-9-25(10-8-24)19(27)28/h1,3-4,12,17H,5-11,13-14H2,(H,27,28). The fourth-order valence-corrected chi connectivity index (χ4v) is 3.76. The Morgan fingerprint density at radius 2 is 1.97 bits per heavy atom. The average molecular weight is 411 g/mol. The van der Waals surface area contributed by atoms with E-state index in [1.807, 2.05) is 4.90 Å². The zero-order chi connectivity index (χ0) is 21.0. The van der Waals surface area contributed by atoms with Crippen LogP contribution in [0.15, 0.2) is 18.2 Å². The molecule has 3 rings (SSSR count). The number of piperazine rings is 1. The third-order valence-electron chi connectivity index (χ3n) is 5.34. The normalized spacial score (nSPS) is 20.7. The van der Waals surface area contributed by atoms with E-state index in [0.29, 0.717) is 57.9 Å². The molecule has 0 saturated carbocycles. The first-order valence-corrected chi connectivity index (χ1v) is 9.48. The van der Waals surface area contributed by atoms with Crippen molar-refractivity contribution in [2.75, 3.05) is 50.8 Å². The van der Waals surface area contributed by atoms with Crippen molar-refractivity contribution in [2.24, 2.45) is 0 Å². The van der Waals surface area contributed by atoms with Gasteiger partial charge in [0.25, 0.3) is 0 Å². The van der Waals surface area contributed by atoms with Gasteiger partial charge in [0, 0.05) is 51.5 Å². The van der Waals surface area contributed by atoms with Crippen LogP contribution in [0.3, 0.4) is 0 Å². The van der Waals surface area contributed by atoms with Crippen LogP contribution < -0.4 is 4.90 Å². The number of alkyl halides is 3. The summed E-state index contributed by atoms with van der Waals surface area (Å²) in [4.78, 5) is 16.4. The summed E-state index contributed by atoms with van der Waals surface area (Å²) < 4.78 is 45.4. The van der Waals surface area contributed by atoms with Crippen LogP contribution in [0.25, 0.3) is 0 Å². The summed E-state index contributed by atoms with van der Waals surface area (Å²) in [6.45, 7) is 3.59. The monoisotopic (exact) mass is 411 g/mol. The summed E-state index contributed by atoms with van der Waals surface area (Å²) in [5, 5.41) is 9.07. The molecule has 0 bridgehead atoms. The largest absolute Gasteiger partial charge is 0.465 e. The molecule has 0 aliphatic carbocycles. The van der Waals surface area contributed by atoms with E-state index in [1.54, 1.807) is 0 Å². The lowest BCUT2D eigenvalue weighted by Crippen LogP contribution is -2.47. The highest BCUT2D eigenvalue weighted by Crippen LogP contribution is 2.35.